The number of hydrogen-bond donors (Lipinski definition) is 1. The maximum atomic E-state index is 14.7. The van der Waals surface area contributed by atoms with E-state index < -0.39 is 46.7 Å². The van der Waals surface area contributed by atoms with Gasteiger partial charge in [-0.15, -0.1) is 0 Å². The van der Waals surface area contributed by atoms with Gasteiger partial charge in [0.05, 0.1) is 18.4 Å². The van der Waals surface area contributed by atoms with Crippen LogP contribution in [0.15, 0.2) is 71.1 Å². The summed E-state index contributed by atoms with van der Waals surface area (Å²) in [5, 5.41) is 0.782. The van der Waals surface area contributed by atoms with Crippen molar-refractivity contribution in [3.05, 3.63) is 112 Å². The number of methoxy groups -OCH3 is 1. The lowest BCUT2D eigenvalue weighted by Crippen LogP contribution is -2.41. The van der Waals surface area contributed by atoms with Gasteiger partial charge in [-0.05, 0) is 48.4 Å². The molecule has 0 aliphatic carbocycles. The van der Waals surface area contributed by atoms with E-state index in [9.17, 15) is 31.1 Å². The van der Waals surface area contributed by atoms with Crippen LogP contribution in [0.4, 0.5) is 26.3 Å². The third kappa shape index (κ3) is 4.51. The molecule has 3 heterocycles. The molecular formula is C30H20F6N2O3. The highest BCUT2D eigenvalue weighted by molar-refractivity contribution is 5.96. The highest BCUT2D eigenvalue weighted by atomic mass is 19.4. The first-order chi connectivity index (χ1) is 19.6. The normalized spacial score (nSPS) is 15.3. The molecule has 0 unspecified atom stereocenters. The third-order valence-corrected chi connectivity index (χ3v) is 7.21. The van der Waals surface area contributed by atoms with E-state index in [1.807, 2.05) is 0 Å². The number of H-pyrrole nitrogens is 1. The smallest absolute Gasteiger partial charge is 0.417 e. The van der Waals surface area contributed by atoms with Gasteiger partial charge in [0.25, 0.3) is 5.91 Å². The fourth-order valence-electron chi connectivity index (χ4n) is 5.39. The number of carbonyl (C=O) groups is 1. The summed E-state index contributed by atoms with van der Waals surface area (Å²) in [4.78, 5) is 18.0. The molecule has 0 radical (unpaired) electrons. The molecule has 2 aromatic heterocycles. The molecule has 1 aliphatic rings. The molecule has 210 valence electrons. The van der Waals surface area contributed by atoms with Crippen LogP contribution in [0.3, 0.4) is 0 Å². The van der Waals surface area contributed by atoms with E-state index in [1.165, 1.54) is 37.4 Å². The number of nitrogens with zero attached hydrogens (tertiary/aromatic N) is 1. The molecule has 0 bridgehead atoms. The highest BCUT2D eigenvalue weighted by Gasteiger charge is 2.39. The van der Waals surface area contributed by atoms with Gasteiger partial charge in [0, 0.05) is 35.1 Å². The summed E-state index contributed by atoms with van der Waals surface area (Å²) in [6.45, 7) is -0.0217. The second-order valence-corrected chi connectivity index (χ2v) is 9.57. The van der Waals surface area contributed by atoms with Crippen LogP contribution in [0.1, 0.15) is 39.0 Å². The SMILES string of the molecule is COc1ccc2[nH]c3c(c2c1)CCN(C(=O)c1c(F)cc(F)cc1F)[C@H]3c1ccc(-c2ccccc2C(F)(F)F)o1. The van der Waals surface area contributed by atoms with E-state index in [0.29, 0.717) is 29.1 Å². The zero-order valence-corrected chi connectivity index (χ0v) is 21.3. The summed E-state index contributed by atoms with van der Waals surface area (Å²) in [5.41, 5.74) is -0.152. The number of alkyl halides is 3. The highest BCUT2D eigenvalue weighted by Crippen LogP contribution is 2.43. The number of nitrogens with one attached hydrogen (secondary N) is 1. The summed E-state index contributed by atoms with van der Waals surface area (Å²) in [7, 11) is 1.51. The summed E-state index contributed by atoms with van der Waals surface area (Å²) in [6, 6.07) is 12.7. The molecule has 0 saturated heterocycles. The molecule has 3 aromatic carbocycles. The van der Waals surface area contributed by atoms with Crippen LogP contribution in [0, 0.1) is 17.5 Å². The third-order valence-electron chi connectivity index (χ3n) is 7.21. The van der Waals surface area contributed by atoms with Crippen LogP contribution < -0.4 is 4.74 Å². The number of halogens is 6. The standard InChI is InChI=1S/C30H20F6N2O3/c1-40-16-6-7-23-19(14-16)17-10-11-38(29(39)26-21(32)12-15(31)13-22(26)33)28(27(17)37-23)25-9-8-24(41-25)18-4-2-3-5-20(18)30(34,35)36/h2-9,12-14,28,37H,10-11H2,1H3/t28-/m0/s1. The average molecular weight is 570 g/mol. The zero-order valence-electron chi connectivity index (χ0n) is 21.3. The van der Waals surface area contributed by atoms with Crippen molar-refractivity contribution in [3.63, 3.8) is 0 Å². The maximum Gasteiger partial charge on any atom is 0.417 e. The van der Waals surface area contributed by atoms with Gasteiger partial charge in [0.2, 0.25) is 0 Å². The topological polar surface area (TPSA) is 58.5 Å². The van der Waals surface area contributed by atoms with E-state index in [1.54, 1.807) is 18.2 Å². The molecule has 0 fully saturated rings. The average Bonchev–Trinajstić information content (AvgIpc) is 3.56. The van der Waals surface area contributed by atoms with E-state index in [2.05, 4.69) is 4.98 Å². The lowest BCUT2D eigenvalue weighted by molar-refractivity contribution is -0.137. The first-order valence-electron chi connectivity index (χ1n) is 12.5. The van der Waals surface area contributed by atoms with Crippen LogP contribution in [0.5, 0.6) is 5.75 Å². The first kappa shape index (κ1) is 26.5. The lowest BCUT2D eigenvalue weighted by Gasteiger charge is -2.35. The van der Waals surface area contributed by atoms with Crippen molar-refractivity contribution in [1.82, 2.24) is 9.88 Å². The summed E-state index contributed by atoms with van der Waals surface area (Å²) >= 11 is 0. The Morgan fingerprint density at radius 1 is 1.00 bits per heavy atom. The van der Waals surface area contributed by atoms with Crippen molar-refractivity contribution < 1.29 is 40.3 Å². The van der Waals surface area contributed by atoms with Crippen LogP contribution in [-0.4, -0.2) is 29.4 Å². The molecule has 1 N–H and O–H groups in total. The lowest BCUT2D eigenvalue weighted by atomic mass is 9.94. The molecule has 6 rings (SSSR count). The molecule has 0 saturated carbocycles. The summed E-state index contributed by atoms with van der Waals surface area (Å²) in [6.07, 6.45) is -4.38. The summed E-state index contributed by atoms with van der Waals surface area (Å²) in [5.74, 6) is -4.47. The molecule has 5 nitrogen and oxygen atoms in total. The Kier molecular flexibility index (Phi) is 6.32. The van der Waals surface area contributed by atoms with Crippen molar-refractivity contribution in [2.45, 2.75) is 18.6 Å². The number of benzene rings is 3. The number of fused-ring (bicyclic) bond motifs is 3. The Bertz CT molecular complexity index is 1780. The van der Waals surface area contributed by atoms with Gasteiger partial charge < -0.3 is 19.0 Å². The number of furan rings is 1. The molecule has 1 aliphatic heterocycles. The van der Waals surface area contributed by atoms with Crippen molar-refractivity contribution in [1.29, 1.82) is 0 Å². The monoisotopic (exact) mass is 570 g/mol. The maximum absolute atomic E-state index is 14.7. The molecular weight excluding hydrogens is 550 g/mol. The van der Waals surface area contributed by atoms with E-state index in [0.717, 1.165) is 21.9 Å². The van der Waals surface area contributed by atoms with Gasteiger partial charge in [-0.1, -0.05) is 18.2 Å². The number of hydrogen-bond acceptors (Lipinski definition) is 3. The quantitative estimate of drug-likeness (QED) is 0.226. The number of rotatable bonds is 4. The van der Waals surface area contributed by atoms with Crippen molar-refractivity contribution >= 4 is 16.8 Å². The number of ether oxygens (including phenoxy) is 1. The minimum Gasteiger partial charge on any atom is -0.497 e. The van der Waals surface area contributed by atoms with E-state index >= 15 is 0 Å². The second-order valence-electron chi connectivity index (χ2n) is 9.57. The molecule has 5 aromatic rings. The molecule has 1 amide bonds. The number of aromatic nitrogens is 1. The Labute approximate surface area is 228 Å². The first-order valence-corrected chi connectivity index (χ1v) is 12.5. The number of carbonyl (C=O) groups excluding carboxylic acids is 1. The van der Waals surface area contributed by atoms with E-state index in [-0.39, 0.29) is 30.0 Å². The van der Waals surface area contributed by atoms with E-state index in [4.69, 9.17) is 9.15 Å². The van der Waals surface area contributed by atoms with Crippen LogP contribution in [0.2, 0.25) is 0 Å². The molecule has 41 heavy (non-hydrogen) atoms. The Hall–Kier alpha value is -4.67. The number of aromatic amines is 1. The van der Waals surface area contributed by atoms with Crippen molar-refractivity contribution in [3.8, 4) is 17.1 Å². The van der Waals surface area contributed by atoms with Gasteiger partial charge in [0.1, 0.15) is 46.3 Å². The number of amides is 1. The Morgan fingerprint density at radius 2 is 1.73 bits per heavy atom. The largest absolute Gasteiger partial charge is 0.497 e. The second kappa shape index (κ2) is 9.76. The predicted octanol–water partition coefficient (Wildman–Crippen LogP) is 7.66. The van der Waals surface area contributed by atoms with Crippen molar-refractivity contribution in [2.24, 2.45) is 0 Å². The van der Waals surface area contributed by atoms with Crippen molar-refractivity contribution in [2.75, 3.05) is 13.7 Å². The summed E-state index contributed by atoms with van der Waals surface area (Å²) < 4.78 is 95.5. The molecule has 0 spiro atoms. The van der Waals surface area contributed by atoms with Crippen LogP contribution in [-0.2, 0) is 12.6 Å². The minimum atomic E-state index is -4.66. The fourth-order valence-corrected chi connectivity index (χ4v) is 5.39. The van der Waals surface area contributed by atoms with Gasteiger partial charge >= 0.3 is 6.18 Å². The van der Waals surface area contributed by atoms with Gasteiger partial charge in [-0.2, -0.15) is 13.2 Å². The molecule has 11 heteroatoms. The Morgan fingerprint density at radius 3 is 2.44 bits per heavy atom. The Balaban J connectivity index is 1.52. The fraction of sp³-hybridized carbons (Fsp3) is 0.167. The van der Waals surface area contributed by atoms with Gasteiger partial charge in [-0.3, -0.25) is 4.79 Å². The minimum absolute atomic E-state index is 0.0217. The van der Waals surface area contributed by atoms with Gasteiger partial charge in [-0.25, -0.2) is 13.2 Å². The predicted molar refractivity (Wildman–Crippen MR) is 137 cm³/mol. The molecule has 1 atom stereocenters. The van der Waals surface area contributed by atoms with Crippen LogP contribution in [0.25, 0.3) is 22.2 Å². The van der Waals surface area contributed by atoms with Crippen LogP contribution >= 0.6 is 0 Å². The van der Waals surface area contributed by atoms with Gasteiger partial charge in [0.15, 0.2) is 0 Å². The zero-order chi connectivity index (χ0) is 29.1.